The van der Waals surface area contributed by atoms with Gasteiger partial charge in [0.15, 0.2) is 0 Å². The molecule has 1 aromatic rings. The lowest BCUT2D eigenvalue weighted by Crippen LogP contribution is -2.41. The Morgan fingerprint density at radius 1 is 1.09 bits per heavy atom. The molecule has 0 bridgehead atoms. The SMILES string of the molecule is O=C(O)C1CC2CCCCC2N1Cc1ccc(C2CC2)cc1. The number of aliphatic carboxylic acids is 1. The number of carbonyl (C=O) groups is 1. The first-order valence-electron chi connectivity index (χ1n) is 8.80. The number of hydrogen-bond donors (Lipinski definition) is 1. The summed E-state index contributed by atoms with van der Waals surface area (Å²) < 4.78 is 0. The molecular weight excluding hydrogens is 274 g/mol. The van der Waals surface area contributed by atoms with Crippen LogP contribution in [0.5, 0.6) is 0 Å². The van der Waals surface area contributed by atoms with Crippen LogP contribution in [0.4, 0.5) is 0 Å². The monoisotopic (exact) mass is 299 g/mol. The summed E-state index contributed by atoms with van der Waals surface area (Å²) in [7, 11) is 0. The molecule has 3 aliphatic rings. The summed E-state index contributed by atoms with van der Waals surface area (Å²) in [5, 5.41) is 9.59. The average molecular weight is 299 g/mol. The molecule has 0 spiro atoms. The van der Waals surface area contributed by atoms with Gasteiger partial charge in [0.25, 0.3) is 0 Å². The van der Waals surface area contributed by atoms with Gasteiger partial charge in [-0.15, -0.1) is 0 Å². The summed E-state index contributed by atoms with van der Waals surface area (Å²) in [6, 6.07) is 9.12. The molecule has 3 fully saturated rings. The molecule has 3 unspecified atom stereocenters. The predicted octanol–water partition coefficient (Wildman–Crippen LogP) is 3.78. The van der Waals surface area contributed by atoms with E-state index in [1.807, 2.05) is 0 Å². The third kappa shape index (κ3) is 2.67. The lowest BCUT2D eigenvalue weighted by molar-refractivity contribution is -0.142. The molecule has 3 heteroatoms. The fourth-order valence-corrected chi connectivity index (χ4v) is 4.55. The van der Waals surface area contributed by atoms with Crippen LogP contribution in [0.3, 0.4) is 0 Å². The van der Waals surface area contributed by atoms with Gasteiger partial charge < -0.3 is 5.11 Å². The van der Waals surface area contributed by atoms with Crippen molar-refractivity contribution in [3.8, 4) is 0 Å². The first-order chi connectivity index (χ1) is 10.7. The zero-order chi connectivity index (χ0) is 15.1. The zero-order valence-corrected chi connectivity index (χ0v) is 13.1. The maximum Gasteiger partial charge on any atom is 0.320 e. The molecule has 2 saturated carbocycles. The van der Waals surface area contributed by atoms with E-state index in [4.69, 9.17) is 0 Å². The van der Waals surface area contributed by atoms with E-state index >= 15 is 0 Å². The number of fused-ring (bicyclic) bond motifs is 1. The minimum absolute atomic E-state index is 0.281. The Kier molecular flexibility index (Phi) is 3.69. The number of likely N-dealkylation sites (tertiary alicyclic amines) is 1. The molecule has 2 aliphatic carbocycles. The third-order valence-corrected chi connectivity index (χ3v) is 5.90. The molecule has 3 nitrogen and oxygen atoms in total. The van der Waals surface area contributed by atoms with Crippen molar-refractivity contribution in [3.05, 3.63) is 35.4 Å². The smallest absolute Gasteiger partial charge is 0.320 e. The fourth-order valence-electron chi connectivity index (χ4n) is 4.55. The average Bonchev–Trinajstić information content (AvgIpc) is 3.31. The summed E-state index contributed by atoms with van der Waals surface area (Å²) in [6.45, 7) is 0.795. The van der Waals surface area contributed by atoms with Crippen molar-refractivity contribution in [1.82, 2.24) is 4.90 Å². The summed E-state index contributed by atoms with van der Waals surface area (Å²) >= 11 is 0. The van der Waals surface area contributed by atoms with Crippen LogP contribution in [-0.4, -0.2) is 28.1 Å². The van der Waals surface area contributed by atoms with Crippen molar-refractivity contribution >= 4 is 5.97 Å². The Morgan fingerprint density at radius 2 is 1.82 bits per heavy atom. The van der Waals surface area contributed by atoms with E-state index in [1.54, 1.807) is 0 Å². The number of benzene rings is 1. The van der Waals surface area contributed by atoms with Gasteiger partial charge in [-0.2, -0.15) is 0 Å². The van der Waals surface area contributed by atoms with Crippen molar-refractivity contribution in [3.63, 3.8) is 0 Å². The molecule has 118 valence electrons. The van der Waals surface area contributed by atoms with Gasteiger partial charge in [-0.1, -0.05) is 37.1 Å². The Bertz CT molecular complexity index is 549. The zero-order valence-electron chi connectivity index (χ0n) is 13.1. The summed E-state index contributed by atoms with van der Waals surface area (Å²) in [5.74, 6) is 0.750. The number of carboxylic acid groups (broad SMARTS) is 1. The van der Waals surface area contributed by atoms with Crippen LogP contribution < -0.4 is 0 Å². The summed E-state index contributed by atoms with van der Waals surface area (Å²) in [5.41, 5.74) is 2.72. The van der Waals surface area contributed by atoms with E-state index in [1.165, 1.54) is 49.7 Å². The number of carboxylic acids is 1. The van der Waals surface area contributed by atoms with Gasteiger partial charge in [0.2, 0.25) is 0 Å². The lowest BCUT2D eigenvalue weighted by Gasteiger charge is -2.33. The molecule has 1 saturated heterocycles. The molecule has 1 aromatic carbocycles. The molecule has 22 heavy (non-hydrogen) atoms. The van der Waals surface area contributed by atoms with E-state index in [9.17, 15) is 9.90 Å². The van der Waals surface area contributed by atoms with Gasteiger partial charge >= 0.3 is 5.97 Å². The molecule has 0 radical (unpaired) electrons. The van der Waals surface area contributed by atoms with Crippen molar-refractivity contribution < 1.29 is 9.90 Å². The van der Waals surface area contributed by atoms with Gasteiger partial charge in [-0.05, 0) is 55.1 Å². The van der Waals surface area contributed by atoms with Crippen LogP contribution in [0.15, 0.2) is 24.3 Å². The van der Waals surface area contributed by atoms with E-state index < -0.39 is 5.97 Å². The maximum absolute atomic E-state index is 11.7. The largest absolute Gasteiger partial charge is 0.480 e. The molecule has 4 rings (SSSR count). The van der Waals surface area contributed by atoms with Gasteiger partial charge in [0.1, 0.15) is 6.04 Å². The van der Waals surface area contributed by atoms with Crippen LogP contribution in [0.25, 0.3) is 0 Å². The number of rotatable bonds is 4. The normalized spacial score (nSPS) is 31.9. The van der Waals surface area contributed by atoms with Crippen LogP contribution in [-0.2, 0) is 11.3 Å². The fraction of sp³-hybridized carbons (Fsp3) is 0.632. The van der Waals surface area contributed by atoms with Crippen molar-refractivity contribution in [2.24, 2.45) is 5.92 Å². The van der Waals surface area contributed by atoms with Gasteiger partial charge in [-0.25, -0.2) is 0 Å². The van der Waals surface area contributed by atoms with E-state index in [2.05, 4.69) is 29.2 Å². The maximum atomic E-state index is 11.7. The van der Waals surface area contributed by atoms with Crippen molar-refractivity contribution in [2.75, 3.05) is 0 Å². The predicted molar refractivity (Wildman–Crippen MR) is 85.7 cm³/mol. The molecule has 3 atom stereocenters. The minimum atomic E-state index is -0.635. The Hall–Kier alpha value is -1.35. The topological polar surface area (TPSA) is 40.5 Å². The standard InChI is InChI=1S/C19H25NO2/c21-19(22)18-11-16-3-1-2-4-17(16)20(18)12-13-5-7-14(8-6-13)15-9-10-15/h5-8,15-18H,1-4,9-12H2,(H,21,22). The molecule has 1 N–H and O–H groups in total. The van der Waals surface area contributed by atoms with Gasteiger partial charge in [-0.3, -0.25) is 9.69 Å². The van der Waals surface area contributed by atoms with Gasteiger partial charge in [0.05, 0.1) is 0 Å². The van der Waals surface area contributed by atoms with Crippen LogP contribution >= 0.6 is 0 Å². The lowest BCUT2D eigenvalue weighted by atomic mass is 9.84. The third-order valence-electron chi connectivity index (χ3n) is 5.90. The van der Waals surface area contributed by atoms with Gasteiger partial charge in [0, 0.05) is 12.6 Å². The second-order valence-electron chi connectivity index (χ2n) is 7.39. The molecule has 0 aromatic heterocycles. The molecule has 1 aliphatic heterocycles. The Labute approximate surface area is 132 Å². The Balaban J connectivity index is 1.51. The summed E-state index contributed by atoms with van der Waals surface area (Å²) in [6.07, 6.45) is 8.43. The van der Waals surface area contributed by atoms with Crippen molar-refractivity contribution in [2.45, 2.75) is 69.5 Å². The first-order valence-corrected chi connectivity index (χ1v) is 8.80. The van der Waals surface area contributed by atoms with Crippen LogP contribution in [0, 0.1) is 5.92 Å². The Morgan fingerprint density at radius 3 is 2.50 bits per heavy atom. The summed E-state index contributed by atoms with van der Waals surface area (Å²) in [4.78, 5) is 13.9. The minimum Gasteiger partial charge on any atom is -0.480 e. The van der Waals surface area contributed by atoms with Crippen LogP contribution in [0.2, 0.25) is 0 Å². The van der Waals surface area contributed by atoms with Crippen molar-refractivity contribution in [1.29, 1.82) is 0 Å². The molecular formula is C19H25NO2. The highest BCUT2D eigenvalue weighted by Gasteiger charge is 2.44. The van der Waals surface area contributed by atoms with E-state index in [0.29, 0.717) is 12.0 Å². The quantitative estimate of drug-likeness (QED) is 0.919. The second kappa shape index (κ2) is 5.69. The van der Waals surface area contributed by atoms with E-state index in [-0.39, 0.29) is 6.04 Å². The number of hydrogen-bond acceptors (Lipinski definition) is 2. The molecule has 0 amide bonds. The first kappa shape index (κ1) is 14.3. The van der Waals surface area contributed by atoms with E-state index in [0.717, 1.165) is 18.9 Å². The highest BCUT2D eigenvalue weighted by molar-refractivity contribution is 5.74. The van der Waals surface area contributed by atoms with Crippen LogP contribution in [0.1, 0.15) is 62.0 Å². The number of nitrogens with zero attached hydrogens (tertiary/aromatic N) is 1. The molecule has 1 heterocycles. The second-order valence-corrected chi connectivity index (χ2v) is 7.39. The highest BCUT2D eigenvalue weighted by Crippen LogP contribution is 2.42. The highest BCUT2D eigenvalue weighted by atomic mass is 16.4.